The first-order valence-corrected chi connectivity index (χ1v) is 9.54. The van der Waals surface area contributed by atoms with Crippen molar-refractivity contribution in [3.05, 3.63) is 90.6 Å². The van der Waals surface area contributed by atoms with E-state index in [-0.39, 0.29) is 7.24 Å². The Morgan fingerprint density at radius 2 is 2.13 bits per heavy atom. The van der Waals surface area contributed by atoms with Crippen molar-refractivity contribution in [3.63, 3.8) is 0 Å². The van der Waals surface area contributed by atoms with E-state index in [1.165, 1.54) is 37.3 Å². The van der Waals surface area contributed by atoms with Gasteiger partial charge in [-0.25, -0.2) is 9.18 Å². The number of pyridine rings is 1. The van der Waals surface area contributed by atoms with E-state index < -0.39 is 5.97 Å². The van der Waals surface area contributed by atoms with Gasteiger partial charge in [-0.3, -0.25) is 4.98 Å². The number of hydrogen-bond acceptors (Lipinski definition) is 5. The second-order valence-electron chi connectivity index (χ2n) is 6.52. The van der Waals surface area contributed by atoms with Crippen LogP contribution in [0.4, 0.5) is 10.1 Å². The summed E-state index contributed by atoms with van der Waals surface area (Å²) in [5.41, 5.74) is 3.76. The van der Waals surface area contributed by atoms with Crippen molar-refractivity contribution < 1.29 is 20.1 Å². The highest BCUT2D eigenvalue weighted by Crippen LogP contribution is 2.31. The Labute approximate surface area is 176 Å². The molecule has 30 heavy (non-hydrogen) atoms. The number of nitrogens with one attached hydrogen (secondary N) is 1. The van der Waals surface area contributed by atoms with E-state index in [1.807, 2.05) is 24.3 Å². The maximum atomic E-state index is 13.7. The van der Waals surface area contributed by atoms with E-state index in [2.05, 4.69) is 21.6 Å². The van der Waals surface area contributed by atoms with Gasteiger partial charge in [0, 0.05) is 13.2 Å². The molecule has 4 rings (SSSR count). The van der Waals surface area contributed by atoms with Gasteiger partial charge in [0.2, 0.25) is 0 Å². The molecule has 5 nitrogen and oxygen atoms in total. The fraction of sp³-hybridized carbons (Fsp3) is 0.167. The fourth-order valence-electron chi connectivity index (χ4n) is 3.11. The maximum absolute atomic E-state index is 13.7. The first kappa shape index (κ1) is 21.0. The zero-order valence-corrected chi connectivity index (χ0v) is 16.7. The normalized spacial score (nSPS) is 11.8. The number of fused-ring (bicyclic) bond motifs is 1. The van der Waals surface area contributed by atoms with E-state index in [0.717, 1.165) is 30.8 Å². The highest BCUT2D eigenvalue weighted by Gasteiger charge is 2.12. The Bertz CT molecular complexity index is 1040. The molecule has 0 radical (unpaired) electrons. The van der Waals surface area contributed by atoms with Crippen molar-refractivity contribution in [1.82, 2.24) is 4.98 Å². The Morgan fingerprint density at radius 3 is 2.90 bits per heavy atom. The van der Waals surface area contributed by atoms with Crippen LogP contribution in [0.15, 0.2) is 73.7 Å². The molecule has 2 aromatic carbocycles. The number of benzene rings is 2. The van der Waals surface area contributed by atoms with Crippen LogP contribution in [0.2, 0.25) is 0 Å². The number of anilines is 1. The van der Waals surface area contributed by atoms with Crippen LogP contribution in [-0.2, 0) is 11.2 Å². The molecular weight excluding hydrogens is 383 g/mol. The van der Waals surface area contributed by atoms with Crippen LogP contribution >= 0.6 is 0 Å². The Balaban J connectivity index is 0.000000222. The molecule has 2 heterocycles. The molecule has 1 N–H and O–H groups in total. The minimum absolute atomic E-state index is 0. The number of nitrogens with zero attached hydrogens (tertiary/aromatic N) is 1. The number of carbonyl (C=O) groups excluding carboxylic acids is 1. The Kier molecular flexibility index (Phi) is 7.16. The van der Waals surface area contributed by atoms with E-state index in [0.29, 0.717) is 16.8 Å². The summed E-state index contributed by atoms with van der Waals surface area (Å²) < 4.78 is 23.9. The second kappa shape index (κ2) is 10.2. The summed E-state index contributed by atoms with van der Waals surface area (Å²) in [6.07, 6.45) is 6.65. The number of carbonyl (C=O) groups is 1. The van der Waals surface area contributed by atoms with Gasteiger partial charge in [-0.05, 0) is 48.4 Å². The van der Waals surface area contributed by atoms with E-state index in [1.54, 1.807) is 18.2 Å². The lowest BCUT2D eigenvalue weighted by Crippen LogP contribution is -2.08. The summed E-state index contributed by atoms with van der Waals surface area (Å²) in [5.74, 6) is 0.312. The van der Waals surface area contributed by atoms with E-state index in [9.17, 15) is 9.18 Å². The molecule has 0 unspecified atom stereocenters. The molecule has 1 aromatic heterocycles. The molecule has 0 amide bonds. The monoisotopic (exact) mass is 408 g/mol. The van der Waals surface area contributed by atoms with E-state index in [4.69, 9.17) is 4.74 Å². The predicted octanol–water partition coefficient (Wildman–Crippen LogP) is 5.49. The molecule has 0 saturated heterocycles. The standard InChI is InChI=1S/C15H13FO.C9H10N2O2.H2/c16-14-6-2-1-5-13(14)12-8-7-11-4-3-9-17-15(11)10-12;1-3-11-8-6-10-5-4-7(8)9(12)13-2;/h1-2,5-8,10H,3-4,9H2;3-6,11H,1H2,2H3;1H. The van der Waals surface area contributed by atoms with Crippen molar-refractivity contribution in [2.75, 3.05) is 19.0 Å². The number of halogens is 1. The van der Waals surface area contributed by atoms with Crippen LogP contribution in [0.1, 0.15) is 23.8 Å². The summed E-state index contributed by atoms with van der Waals surface area (Å²) >= 11 is 0. The van der Waals surface area contributed by atoms with Gasteiger partial charge in [0.15, 0.2) is 0 Å². The molecular formula is C24H25FN2O3. The number of ether oxygens (including phenoxy) is 2. The van der Waals surface area contributed by atoms with Gasteiger partial charge in [0.25, 0.3) is 0 Å². The lowest BCUT2D eigenvalue weighted by atomic mass is 9.99. The number of esters is 1. The number of rotatable bonds is 4. The molecule has 6 heteroatoms. The summed E-state index contributed by atoms with van der Waals surface area (Å²) in [5, 5.41) is 2.79. The summed E-state index contributed by atoms with van der Waals surface area (Å²) in [6.45, 7) is 4.25. The number of aromatic nitrogens is 1. The molecule has 3 aromatic rings. The molecule has 0 atom stereocenters. The van der Waals surface area contributed by atoms with Gasteiger partial charge >= 0.3 is 5.97 Å². The van der Waals surface area contributed by atoms with Crippen LogP contribution < -0.4 is 10.1 Å². The van der Waals surface area contributed by atoms with Crippen molar-refractivity contribution in [2.24, 2.45) is 0 Å². The van der Waals surface area contributed by atoms with Gasteiger partial charge in [-0.15, -0.1) is 0 Å². The smallest absolute Gasteiger partial charge is 0.340 e. The largest absolute Gasteiger partial charge is 0.493 e. The molecule has 156 valence electrons. The van der Waals surface area contributed by atoms with Crippen LogP contribution in [0, 0.1) is 5.82 Å². The average Bonchev–Trinajstić information content (AvgIpc) is 2.79. The third-order valence-electron chi connectivity index (χ3n) is 4.58. The number of aryl methyl sites for hydroxylation is 1. The van der Waals surface area contributed by atoms with Gasteiger partial charge in [0.05, 0.1) is 31.2 Å². The maximum Gasteiger partial charge on any atom is 0.340 e. The highest BCUT2D eigenvalue weighted by molar-refractivity contribution is 5.95. The van der Waals surface area contributed by atoms with Crippen LogP contribution in [0.5, 0.6) is 5.75 Å². The van der Waals surface area contributed by atoms with Crippen molar-refractivity contribution in [1.29, 1.82) is 0 Å². The topological polar surface area (TPSA) is 60.5 Å². The molecule has 0 spiro atoms. The summed E-state index contributed by atoms with van der Waals surface area (Å²) in [6, 6.07) is 14.3. The lowest BCUT2D eigenvalue weighted by Gasteiger charge is -2.18. The predicted molar refractivity (Wildman–Crippen MR) is 117 cm³/mol. The molecule has 1 aliphatic heterocycles. The quantitative estimate of drug-likeness (QED) is 0.579. The van der Waals surface area contributed by atoms with Crippen molar-refractivity contribution >= 4 is 11.7 Å². The molecule has 0 aliphatic carbocycles. The van der Waals surface area contributed by atoms with Gasteiger partial charge in [0.1, 0.15) is 11.6 Å². The second-order valence-corrected chi connectivity index (χ2v) is 6.52. The minimum Gasteiger partial charge on any atom is -0.493 e. The Hall–Kier alpha value is -3.67. The zero-order valence-electron chi connectivity index (χ0n) is 16.7. The lowest BCUT2D eigenvalue weighted by molar-refractivity contribution is 0.0601. The van der Waals surface area contributed by atoms with E-state index >= 15 is 0 Å². The third kappa shape index (κ3) is 5.03. The minimum atomic E-state index is -0.397. The van der Waals surface area contributed by atoms with Gasteiger partial charge in [-0.1, -0.05) is 36.9 Å². The SMILES string of the molecule is C=CNc1cnccc1C(=O)OC.Fc1ccccc1-c1ccc2c(c1)OCCC2.[HH]. The van der Waals surface area contributed by atoms with Crippen LogP contribution in [0.25, 0.3) is 11.1 Å². The van der Waals surface area contributed by atoms with Crippen molar-refractivity contribution in [2.45, 2.75) is 12.8 Å². The van der Waals surface area contributed by atoms with Gasteiger partial charge in [-0.2, -0.15) is 0 Å². The summed E-state index contributed by atoms with van der Waals surface area (Å²) in [7, 11) is 1.33. The summed E-state index contributed by atoms with van der Waals surface area (Å²) in [4.78, 5) is 15.0. The number of methoxy groups -OCH3 is 1. The molecule has 0 bridgehead atoms. The fourth-order valence-corrected chi connectivity index (χ4v) is 3.11. The molecule has 1 aliphatic rings. The molecule has 0 fully saturated rings. The Morgan fingerprint density at radius 1 is 1.30 bits per heavy atom. The van der Waals surface area contributed by atoms with Crippen LogP contribution in [-0.4, -0.2) is 24.7 Å². The third-order valence-corrected chi connectivity index (χ3v) is 4.58. The van der Waals surface area contributed by atoms with Crippen LogP contribution in [0.3, 0.4) is 0 Å². The van der Waals surface area contributed by atoms with Crippen molar-refractivity contribution in [3.8, 4) is 16.9 Å². The number of hydrogen-bond donors (Lipinski definition) is 1. The first-order chi connectivity index (χ1) is 14.6. The zero-order chi connectivity index (χ0) is 21.3. The van der Waals surface area contributed by atoms with Gasteiger partial charge < -0.3 is 14.8 Å². The highest BCUT2D eigenvalue weighted by atomic mass is 19.1. The average molecular weight is 408 g/mol. The first-order valence-electron chi connectivity index (χ1n) is 9.54. The molecule has 0 saturated carbocycles.